The number of ether oxygens (including phenoxy) is 1. The summed E-state index contributed by atoms with van der Waals surface area (Å²) in [6.07, 6.45) is -0.182. The molecule has 9 nitrogen and oxygen atoms in total. The second-order valence-electron chi connectivity index (χ2n) is 10.1. The van der Waals surface area contributed by atoms with E-state index in [1.54, 1.807) is 32.9 Å². The average Bonchev–Trinajstić information content (AvgIpc) is 3.54. The highest BCUT2D eigenvalue weighted by Gasteiger charge is 2.48. The minimum Gasteiger partial charge on any atom is -0.508 e. The highest BCUT2D eigenvalue weighted by atomic mass is 16.6. The molecule has 0 aromatic heterocycles. The number of amides is 3. The first-order chi connectivity index (χ1) is 17.0. The number of aliphatic hydroxyl groups excluding tert-OH is 1. The Morgan fingerprint density at radius 1 is 1.11 bits per heavy atom. The lowest BCUT2D eigenvalue weighted by Crippen LogP contribution is -2.55. The Kier molecular flexibility index (Phi) is 8.57. The smallest absolute Gasteiger partial charge is 0.408 e. The van der Waals surface area contributed by atoms with Crippen molar-refractivity contribution >= 4 is 17.9 Å². The van der Waals surface area contributed by atoms with Gasteiger partial charge in [0.25, 0.3) is 0 Å². The van der Waals surface area contributed by atoms with Gasteiger partial charge in [-0.3, -0.25) is 9.59 Å². The largest absolute Gasteiger partial charge is 0.508 e. The van der Waals surface area contributed by atoms with E-state index >= 15 is 0 Å². The number of hydrogen-bond donors (Lipinski definition) is 4. The minimum atomic E-state index is -1.31. The van der Waals surface area contributed by atoms with E-state index in [4.69, 9.17) is 4.74 Å². The summed E-state index contributed by atoms with van der Waals surface area (Å²) < 4.78 is 5.25. The summed E-state index contributed by atoms with van der Waals surface area (Å²) in [7, 11) is 0. The number of carbonyl (C=O) groups is 3. The summed E-state index contributed by atoms with van der Waals surface area (Å²) in [5, 5.41) is 25.4. The SMILES string of the molecule is CC1CC1N(C(=O)C(CO)NC(=O)OC(C)(C)C)C(C(=O)NCc1ccccc1)c1cccc(O)c1. The van der Waals surface area contributed by atoms with Crippen LogP contribution >= 0.6 is 0 Å². The molecule has 0 heterocycles. The van der Waals surface area contributed by atoms with Crippen LogP contribution in [0.4, 0.5) is 4.79 Å². The number of rotatable bonds is 9. The summed E-state index contributed by atoms with van der Waals surface area (Å²) in [6, 6.07) is 12.9. The molecule has 4 atom stereocenters. The van der Waals surface area contributed by atoms with E-state index in [2.05, 4.69) is 10.6 Å². The second-order valence-corrected chi connectivity index (χ2v) is 10.1. The molecule has 3 amide bonds. The van der Waals surface area contributed by atoms with Crippen molar-refractivity contribution in [1.82, 2.24) is 15.5 Å². The molecule has 1 fully saturated rings. The Labute approximate surface area is 211 Å². The topological polar surface area (TPSA) is 128 Å². The number of hydrogen-bond acceptors (Lipinski definition) is 6. The number of phenols is 1. The van der Waals surface area contributed by atoms with Crippen molar-refractivity contribution in [1.29, 1.82) is 0 Å². The van der Waals surface area contributed by atoms with Gasteiger partial charge in [-0.15, -0.1) is 0 Å². The van der Waals surface area contributed by atoms with Crippen molar-refractivity contribution in [3.05, 3.63) is 65.7 Å². The molecular formula is C27H35N3O6. The van der Waals surface area contributed by atoms with Crippen LogP contribution in [-0.4, -0.2) is 57.3 Å². The Morgan fingerprint density at radius 2 is 1.78 bits per heavy atom. The molecule has 1 aliphatic carbocycles. The van der Waals surface area contributed by atoms with Crippen molar-refractivity contribution in [2.24, 2.45) is 5.92 Å². The maximum absolute atomic E-state index is 13.7. The van der Waals surface area contributed by atoms with Crippen molar-refractivity contribution in [3.63, 3.8) is 0 Å². The number of nitrogens with one attached hydrogen (secondary N) is 2. The molecule has 0 radical (unpaired) electrons. The zero-order valence-corrected chi connectivity index (χ0v) is 21.1. The Balaban J connectivity index is 1.92. The summed E-state index contributed by atoms with van der Waals surface area (Å²) >= 11 is 0. The number of benzene rings is 2. The first-order valence-electron chi connectivity index (χ1n) is 12.0. The van der Waals surface area contributed by atoms with Crippen LogP contribution in [0.2, 0.25) is 0 Å². The molecule has 4 N–H and O–H groups in total. The summed E-state index contributed by atoms with van der Waals surface area (Å²) in [5.74, 6) is -0.974. The molecule has 1 saturated carbocycles. The van der Waals surface area contributed by atoms with Gasteiger partial charge in [0, 0.05) is 12.6 Å². The molecule has 3 rings (SSSR count). The van der Waals surface area contributed by atoms with E-state index in [-0.39, 0.29) is 24.3 Å². The maximum atomic E-state index is 13.7. The van der Waals surface area contributed by atoms with E-state index in [1.165, 1.54) is 17.0 Å². The van der Waals surface area contributed by atoms with Crippen LogP contribution in [0.1, 0.15) is 51.3 Å². The summed E-state index contributed by atoms with van der Waals surface area (Å²) in [4.78, 5) is 41.1. The summed E-state index contributed by atoms with van der Waals surface area (Å²) in [6.45, 7) is 6.60. The van der Waals surface area contributed by atoms with Crippen LogP contribution in [-0.2, 0) is 20.9 Å². The zero-order valence-electron chi connectivity index (χ0n) is 21.1. The third-order valence-electron chi connectivity index (χ3n) is 5.87. The van der Waals surface area contributed by atoms with E-state index in [9.17, 15) is 24.6 Å². The normalized spacial score (nSPS) is 18.5. The number of nitrogens with zero attached hydrogens (tertiary/aromatic N) is 1. The Morgan fingerprint density at radius 3 is 2.33 bits per heavy atom. The molecule has 0 bridgehead atoms. The number of aromatic hydroxyl groups is 1. The third kappa shape index (κ3) is 7.21. The average molecular weight is 498 g/mol. The van der Waals surface area contributed by atoms with Crippen molar-refractivity contribution in [2.75, 3.05) is 6.61 Å². The monoisotopic (exact) mass is 497 g/mol. The fraction of sp³-hybridized carbons (Fsp3) is 0.444. The van der Waals surface area contributed by atoms with E-state index in [0.29, 0.717) is 12.0 Å². The minimum absolute atomic E-state index is 0.0461. The predicted molar refractivity (Wildman–Crippen MR) is 134 cm³/mol. The molecule has 194 valence electrons. The number of aliphatic hydroxyl groups is 1. The number of carbonyl (C=O) groups excluding carboxylic acids is 3. The maximum Gasteiger partial charge on any atom is 0.408 e. The molecule has 2 aromatic carbocycles. The molecular weight excluding hydrogens is 462 g/mol. The molecule has 0 aliphatic heterocycles. The van der Waals surface area contributed by atoms with Gasteiger partial charge in [-0.25, -0.2) is 4.79 Å². The van der Waals surface area contributed by atoms with Gasteiger partial charge in [0.1, 0.15) is 23.4 Å². The van der Waals surface area contributed by atoms with Gasteiger partial charge in [0.2, 0.25) is 11.8 Å². The lowest BCUT2D eigenvalue weighted by atomic mass is 10.0. The molecule has 0 spiro atoms. The number of phenolic OH excluding ortho intramolecular Hbond substituents is 1. The van der Waals surface area contributed by atoms with E-state index in [0.717, 1.165) is 5.56 Å². The fourth-order valence-electron chi connectivity index (χ4n) is 4.00. The van der Waals surface area contributed by atoms with Gasteiger partial charge in [0.05, 0.1) is 6.61 Å². The predicted octanol–water partition coefficient (Wildman–Crippen LogP) is 2.87. The van der Waals surface area contributed by atoms with Crippen LogP contribution in [0, 0.1) is 5.92 Å². The fourth-order valence-corrected chi connectivity index (χ4v) is 4.00. The molecule has 36 heavy (non-hydrogen) atoms. The Hall–Kier alpha value is -3.59. The molecule has 2 aromatic rings. The van der Waals surface area contributed by atoms with E-state index in [1.807, 2.05) is 37.3 Å². The summed E-state index contributed by atoms with van der Waals surface area (Å²) in [5.41, 5.74) is 0.513. The highest BCUT2D eigenvalue weighted by molar-refractivity contribution is 5.92. The molecule has 9 heteroatoms. The molecule has 0 saturated heterocycles. The van der Waals surface area contributed by atoms with Crippen molar-refractivity contribution in [2.45, 2.75) is 64.4 Å². The van der Waals surface area contributed by atoms with Crippen LogP contribution in [0.5, 0.6) is 5.75 Å². The standard InChI is InChI=1S/C27H35N3O6/c1-17-13-22(17)30(25(34)21(16-31)29-26(35)36-27(2,3)4)23(19-11-8-12-20(32)14-19)24(33)28-15-18-9-6-5-7-10-18/h5-12,14,17,21-23,31-32H,13,15-16H2,1-4H3,(H,28,33)(H,29,35). The number of alkyl carbamates (subject to hydrolysis) is 1. The lowest BCUT2D eigenvalue weighted by molar-refractivity contribution is -0.144. The van der Waals surface area contributed by atoms with Crippen LogP contribution in [0.15, 0.2) is 54.6 Å². The van der Waals surface area contributed by atoms with Gasteiger partial charge in [-0.05, 0) is 56.4 Å². The second kappa shape index (κ2) is 11.4. The molecule has 1 aliphatic rings. The highest BCUT2D eigenvalue weighted by Crippen LogP contribution is 2.41. The Bertz CT molecular complexity index is 1070. The first kappa shape index (κ1) is 27.0. The van der Waals surface area contributed by atoms with Crippen molar-refractivity contribution in [3.8, 4) is 5.75 Å². The van der Waals surface area contributed by atoms with Gasteiger partial charge < -0.3 is 30.5 Å². The third-order valence-corrected chi connectivity index (χ3v) is 5.87. The van der Waals surface area contributed by atoms with Crippen molar-refractivity contribution < 1.29 is 29.3 Å². The first-order valence-corrected chi connectivity index (χ1v) is 12.0. The van der Waals surface area contributed by atoms with Gasteiger partial charge in [0.15, 0.2) is 0 Å². The lowest BCUT2D eigenvalue weighted by Gasteiger charge is -2.34. The van der Waals surface area contributed by atoms with Crippen LogP contribution < -0.4 is 10.6 Å². The van der Waals surface area contributed by atoms with Gasteiger partial charge in [-0.2, -0.15) is 0 Å². The molecule has 4 unspecified atom stereocenters. The van der Waals surface area contributed by atoms with Crippen LogP contribution in [0.3, 0.4) is 0 Å². The van der Waals surface area contributed by atoms with E-state index < -0.39 is 42.2 Å². The van der Waals surface area contributed by atoms with Gasteiger partial charge >= 0.3 is 6.09 Å². The quantitative estimate of drug-likeness (QED) is 0.422. The van der Waals surface area contributed by atoms with Crippen LogP contribution in [0.25, 0.3) is 0 Å². The van der Waals surface area contributed by atoms with Gasteiger partial charge in [-0.1, -0.05) is 49.4 Å². The zero-order chi connectivity index (χ0) is 26.5.